The first-order chi connectivity index (χ1) is 10.7. The fourth-order valence-electron chi connectivity index (χ4n) is 2.07. The van der Waals surface area contributed by atoms with E-state index < -0.39 is 17.6 Å². The van der Waals surface area contributed by atoms with E-state index in [4.69, 9.17) is 4.74 Å². The second-order valence-corrected chi connectivity index (χ2v) is 4.67. The Labute approximate surface area is 128 Å². The first kappa shape index (κ1) is 15.5. The Kier molecular flexibility index (Phi) is 5.10. The van der Waals surface area contributed by atoms with Crippen molar-refractivity contribution in [1.29, 1.82) is 5.26 Å². The van der Waals surface area contributed by atoms with Crippen molar-refractivity contribution in [3.05, 3.63) is 59.9 Å². The standard InChI is InChI=1S/C17H15FN2O2/c1-22-16-9-5-2-6-12(16)10-13(11-19)17(21)20-15-8-4-3-7-14(15)18/h2-9,13H,10H2,1H3,(H,20,21). The molecular weight excluding hydrogens is 283 g/mol. The van der Waals surface area contributed by atoms with E-state index in [1.807, 2.05) is 12.1 Å². The highest BCUT2D eigenvalue weighted by atomic mass is 19.1. The molecule has 0 fully saturated rings. The first-order valence-corrected chi connectivity index (χ1v) is 6.72. The molecule has 0 aromatic heterocycles. The van der Waals surface area contributed by atoms with Gasteiger partial charge in [-0.1, -0.05) is 30.3 Å². The molecule has 0 radical (unpaired) electrons. The molecule has 2 rings (SSSR count). The molecule has 1 N–H and O–H groups in total. The van der Waals surface area contributed by atoms with Gasteiger partial charge in [-0.3, -0.25) is 4.79 Å². The Morgan fingerprint density at radius 3 is 2.64 bits per heavy atom. The second-order valence-electron chi connectivity index (χ2n) is 4.67. The number of nitriles is 1. The number of carbonyl (C=O) groups excluding carboxylic acids is 1. The van der Waals surface area contributed by atoms with Crippen molar-refractivity contribution in [2.24, 2.45) is 5.92 Å². The zero-order valence-corrected chi connectivity index (χ0v) is 12.0. The van der Waals surface area contributed by atoms with Crippen molar-refractivity contribution < 1.29 is 13.9 Å². The van der Waals surface area contributed by atoms with Crippen LogP contribution in [-0.4, -0.2) is 13.0 Å². The summed E-state index contributed by atoms with van der Waals surface area (Å²) in [6.45, 7) is 0. The number of nitrogens with zero attached hydrogens (tertiary/aromatic N) is 1. The topological polar surface area (TPSA) is 62.1 Å². The SMILES string of the molecule is COc1ccccc1CC(C#N)C(=O)Nc1ccccc1F. The molecule has 0 bridgehead atoms. The summed E-state index contributed by atoms with van der Waals surface area (Å²) in [7, 11) is 1.53. The molecule has 0 heterocycles. The number of hydrogen-bond acceptors (Lipinski definition) is 3. The van der Waals surface area contributed by atoms with Crippen molar-refractivity contribution in [3.8, 4) is 11.8 Å². The van der Waals surface area contributed by atoms with Crippen LogP contribution >= 0.6 is 0 Å². The minimum Gasteiger partial charge on any atom is -0.496 e. The summed E-state index contributed by atoms with van der Waals surface area (Å²) in [5, 5.41) is 11.7. The van der Waals surface area contributed by atoms with Crippen LogP contribution in [-0.2, 0) is 11.2 Å². The average molecular weight is 298 g/mol. The predicted molar refractivity (Wildman–Crippen MR) is 80.8 cm³/mol. The van der Waals surface area contributed by atoms with E-state index in [9.17, 15) is 14.4 Å². The molecule has 1 amide bonds. The summed E-state index contributed by atoms with van der Waals surface area (Å²) in [6, 6.07) is 15.0. The highest BCUT2D eigenvalue weighted by molar-refractivity contribution is 5.94. The summed E-state index contributed by atoms with van der Waals surface area (Å²) in [5.41, 5.74) is 0.813. The van der Waals surface area contributed by atoms with Crippen LogP contribution in [0, 0.1) is 23.1 Å². The Hall–Kier alpha value is -2.87. The molecule has 112 valence electrons. The van der Waals surface area contributed by atoms with Gasteiger partial charge in [0.25, 0.3) is 0 Å². The largest absolute Gasteiger partial charge is 0.496 e. The molecule has 0 spiro atoms. The minimum absolute atomic E-state index is 0.0628. The number of amides is 1. The normalized spacial score (nSPS) is 11.3. The third-order valence-electron chi connectivity index (χ3n) is 3.22. The van der Waals surface area contributed by atoms with Crippen LogP contribution in [0.1, 0.15) is 5.56 Å². The molecule has 0 saturated carbocycles. The van der Waals surface area contributed by atoms with Crippen LogP contribution in [0.4, 0.5) is 10.1 Å². The summed E-state index contributed by atoms with van der Waals surface area (Å²) in [4.78, 5) is 12.2. The van der Waals surface area contributed by atoms with Crippen molar-refractivity contribution in [2.45, 2.75) is 6.42 Å². The van der Waals surface area contributed by atoms with Gasteiger partial charge < -0.3 is 10.1 Å². The molecule has 22 heavy (non-hydrogen) atoms. The zero-order valence-electron chi connectivity index (χ0n) is 12.0. The van der Waals surface area contributed by atoms with Gasteiger partial charge in [0.1, 0.15) is 17.5 Å². The molecule has 1 unspecified atom stereocenters. The first-order valence-electron chi connectivity index (χ1n) is 6.72. The molecular formula is C17H15FN2O2. The van der Waals surface area contributed by atoms with E-state index in [0.717, 1.165) is 5.56 Å². The lowest BCUT2D eigenvalue weighted by Gasteiger charge is -2.13. The second kappa shape index (κ2) is 7.23. The minimum atomic E-state index is -0.934. The number of benzene rings is 2. The number of halogens is 1. The van der Waals surface area contributed by atoms with Crippen LogP contribution in [0.15, 0.2) is 48.5 Å². The van der Waals surface area contributed by atoms with Crippen molar-refractivity contribution in [2.75, 3.05) is 12.4 Å². The molecule has 0 aliphatic rings. The van der Waals surface area contributed by atoms with Crippen molar-refractivity contribution in [3.63, 3.8) is 0 Å². The summed E-state index contributed by atoms with van der Waals surface area (Å²) < 4.78 is 18.8. The molecule has 0 aliphatic carbocycles. The monoisotopic (exact) mass is 298 g/mol. The number of anilines is 1. The van der Waals surface area contributed by atoms with Gasteiger partial charge in [-0.2, -0.15) is 5.26 Å². The molecule has 0 saturated heterocycles. The van der Waals surface area contributed by atoms with Gasteiger partial charge in [-0.15, -0.1) is 0 Å². The van der Waals surface area contributed by atoms with E-state index in [1.54, 1.807) is 24.3 Å². The van der Waals surface area contributed by atoms with Gasteiger partial charge in [0.05, 0.1) is 18.9 Å². The number of ether oxygens (including phenoxy) is 1. The van der Waals surface area contributed by atoms with Gasteiger partial charge in [0.15, 0.2) is 0 Å². The van der Waals surface area contributed by atoms with E-state index >= 15 is 0 Å². The fraction of sp³-hybridized carbons (Fsp3) is 0.176. The molecule has 0 aliphatic heterocycles. The van der Waals surface area contributed by atoms with Crippen LogP contribution in [0.5, 0.6) is 5.75 Å². The molecule has 2 aromatic carbocycles. The maximum atomic E-state index is 13.5. The van der Waals surface area contributed by atoms with Crippen LogP contribution in [0.2, 0.25) is 0 Å². The van der Waals surface area contributed by atoms with Crippen molar-refractivity contribution >= 4 is 11.6 Å². The lowest BCUT2D eigenvalue weighted by atomic mass is 9.99. The highest BCUT2D eigenvalue weighted by Crippen LogP contribution is 2.22. The van der Waals surface area contributed by atoms with E-state index in [0.29, 0.717) is 5.75 Å². The third-order valence-corrected chi connectivity index (χ3v) is 3.22. The number of methoxy groups -OCH3 is 1. The number of rotatable bonds is 5. The van der Waals surface area contributed by atoms with Crippen molar-refractivity contribution in [1.82, 2.24) is 0 Å². The summed E-state index contributed by atoms with van der Waals surface area (Å²) in [6.07, 6.45) is 0.195. The summed E-state index contributed by atoms with van der Waals surface area (Å²) in [5.74, 6) is -1.40. The number of carbonyl (C=O) groups is 1. The Bertz CT molecular complexity index is 710. The lowest BCUT2D eigenvalue weighted by molar-refractivity contribution is -0.118. The number of para-hydroxylation sites is 2. The van der Waals surface area contributed by atoms with Crippen LogP contribution in [0.25, 0.3) is 0 Å². The number of hydrogen-bond donors (Lipinski definition) is 1. The molecule has 4 nitrogen and oxygen atoms in total. The van der Waals surface area contributed by atoms with Crippen LogP contribution in [0.3, 0.4) is 0 Å². The Morgan fingerprint density at radius 2 is 1.95 bits per heavy atom. The van der Waals surface area contributed by atoms with Gasteiger partial charge in [0, 0.05) is 6.42 Å². The van der Waals surface area contributed by atoms with E-state index in [2.05, 4.69) is 5.32 Å². The third kappa shape index (κ3) is 3.61. The smallest absolute Gasteiger partial charge is 0.242 e. The van der Waals surface area contributed by atoms with E-state index in [-0.39, 0.29) is 12.1 Å². The molecule has 2 aromatic rings. The van der Waals surface area contributed by atoms with Gasteiger partial charge in [-0.25, -0.2) is 4.39 Å². The highest BCUT2D eigenvalue weighted by Gasteiger charge is 2.21. The number of nitrogens with one attached hydrogen (secondary N) is 1. The van der Waals surface area contributed by atoms with Gasteiger partial charge in [-0.05, 0) is 23.8 Å². The lowest BCUT2D eigenvalue weighted by Crippen LogP contribution is -2.24. The average Bonchev–Trinajstić information content (AvgIpc) is 2.55. The maximum absolute atomic E-state index is 13.5. The zero-order chi connectivity index (χ0) is 15.9. The fourth-order valence-corrected chi connectivity index (χ4v) is 2.07. The Morgan fingerprint density at radius 1 is 1.27 bits per heavy atom. The quantitative estimate of drug-likeness (QED) is 0.922. The summed E-state index contributed by atoms with van der Waals surface area (Å²) >= 11 is 0. The Balaban J connectivity index is 2.13. The molecule has 5 heteroatoms. The maximum Gasteiger partial charge on any atom is 0.242 e. The van der Waals surface area contributed by atoms with Gasteiger partial charge >= 0.3 is 0 Å². The predicted octanol–water partition coefficient (Wildman–Crippen LogP) is 3.16. The van der Waals surface area contributed by atoms with Gasteiger partial charge in [0.2, 0.25) is 5.91 Å². The molecule has 1 atom stereocenters. The van der Waals surface area contributed by atoms with Crippen LogP contribution < -0.4 is 10.1 Å². The van der Waals surface area contributed by atoms with E-state index in [1.165, 1.54) is 25.3 Å².